The highest BCUT2D eigenvalue weighted by Gasteiger charge is 2.07. The highest BCUT2D eigenvalue weighted by atomic mass is 16.6. The van der Waals surface area contributed by atoms with Gasteiger partial charge in [0.1, 0.15) is 61.8 Å². The Kier molecular flexibility index (Phi) is 17.5. The van der Waals surface area contributed by atoms with E-state index in [1.54, 1.807) is 0 Å². The summed E-state index contributed by atoms with van der Waals surface area (Å²) < 4.78 is 63.1. The molecule has 0 N–H and O–H groups in total. The molecule has 0 atom stereocenters. The summed E-state index contributed by atoms with van der Waals surface area (Å²) in [4.78, 5) is 0. The molecule has 3 aromatic carbocycles. The molecule has 0 fully saturated rings. The highest BCUT2D eigenvalue weighted by molar-refractivity contribution is 5.42. The number of hydrogen-bond acceptors (Lipinski definition) is 11. The van der Waals surface area contributed by atoms with Gasteiger partial charge in [-0.3, -0.25) is 0 Å². The Morgan fingerprint density at radius 2 is 0.739 bits per heavy atom. The Balaban J connectivity index is 1.21. The maximum absolute atomic E-state index is 6.03. The first-order valence-corrected chi connectivity index (χ1v) is 15.7. The summed E-state index contributed by atoms with van der Waals surface area (Å²) in [5.41, 5.74) is 1.07. The van der Waals surface area contributed by atoms with Gasteiger partial charge in [0, 0.05) is 24.3 Å². The van der Waals surface area contributed by atoms with Gasteiger partial charge in [0.2, 0.25) is 0 Å². The standard InChI is InChI=1S/C35H46O11/c1-2-5-30(6-3-1)29-46-35-27-33-26-34(28-35)45-24-20-41-16-12-37-10-14-39-18-22-43-32-8-4-7-31(25-32)42-21-17-38-13-9-36-11-15-40-19-23-44-33/h1-8,25-28H,9-24,29H2. The lowest BCUT2D eigenvalue weighted by molar-refractivity contribution is 0.00432. The molecule has 0 saturated carbocycles. The van der Waals surface area contributed by atoms with E-state index in [1.807, 2.05) is 72.8 Å². The molecule has 4 bridgehead atoms. The van der Waals surface area contributed by atoms with Gasteiger partial charge in [-0.1, -0.05) is 36.4 Å². The quantitative estimate of drug-likeness (QED) is 0.401. The number of hydrogen-bond donors (Lipinski definition) is 0. The minimum Gasteiger partial charge on any atom is -0.491 e. The van der Waals surface area contributed by atoms with Crippen LogP contribution in [0.5, 0.6) is 28.7 Å². The van der Waals surface area contributed by atoms with Crippen molar-refractivity contribution < 1.29 is 52.1 Å². The van der Waals surface area contributed by atoms with Crippen molar-refractivity contribution in [2.24, 2.45) is 0 Å². The van der Waals surface area contributed by atoms with Crippen molar-refractivity contribution in [3.8, 4) is 28.7 Å². The third-order valence-corrected chi connectivity index (χ3v) is 6.38. The molecule has 0 spiro atoms. The van der Waals surface area contributed by atoms with Crippen LogP contribution in [0, 0.1) is 0 Å². The average molecular weight is 643 g/mol. The second kappa shape index (κ2) is 22.8. The van der Waals surface area contributed by atoms with Crippen LogP contribution in [0.1, 0.15) is 5.56 Å². The van der Waals surface area contributed by atoms with E-state index in [0.29, 0.717) is 130 Å². The first kappa shape index (κ1) is 35.3. The zero-order valence-corrected chi connectivity index (χ0v) is 26.4. The monoisotopic (exact) mass is 642 g/mol. The molecule has 0 amide bonds. The van der Waals surface area contributed by atoms with Crippen molar-refractivity contribution in [1.29, 1.82) is 0 Å². The molecule has 11 nitrogen and oxygen atoms in total. The minimum absolute atomic E-state index is 0.369. The van der Waals surface area contributed by atoms with Crippen molar-refractivity contribution in [1.82, 2.24) is 0 Å². The van der Waals surface area contributed by atoms with Crippen molar-refractivity contribution >= 4 is 0 Å². The number of ether oxygens (including phenoxy) is 11. The van der Waals surface area contributed by atoms with Gasteiger partial charge in [-0.2, -0.15) is 0 Å². The fourth-order valence-electron chi connectivity index (χ4n) is 4.15. The van der Waals surface area contributed by atoms with Gasteiger partial charge in [0.15, 0.2) is 0 Å². The molecule has 1 aliphatic rings. The van der Waals surface area contributed by atoms with E-state index >= 15 is 0 Å². The average Bonchev–Trinajstić information content (AvgIpc) is 3.08. The molecule has 0 saturated heterocycles. The van der Waals surface area contributed by atoms with Gasteiger partial charge in [-0.15, -0.1) is 0 Å². The lowest BCUT2D eigenvalue weighted by Gasteiger charge is -2.14. The van der Waals surface area contributed by atoms with Gasteiger partial charge < -0.3 is 52.1 Å². The fourth-order valence-corrected chi connectivity index (χ4v) is 4.15. The molecule has 0 radical (unpaired) electrons. The van der Waals surface area contributed by atoms with Crippen LogP contribution in [0.15, 0.2) is 72.8 Å². The number of rotatable bonds is 3. The van der Waals surface area contributed by atoms with Crippen molar-refractivity contribution in [3.63, 3.8) is 0 Å². The predicted molar refractivity (Wildman–Crippen MR) is 171 cm³/mol. The summed E-state index contributed by atoms with van der Waals surface area (Å²) in [5, 5.41) is 0. The molecule has 0 aromatic heterocycles. The number of benzene rings is 3. The molecule has 0 aliphatic carbocycles. The zero-order chi connectivity index (χ0) is 31.7. The molecule has 0 unspecified atom stereocenters. The molecule has 4 rings (SSSR count). The second-order valence-electron chi connectivity index (χ2n) is 9.96. The molecular weight excluding hydrogens is 596 g/mol. The van der Waals surface area contributed by atoms with Gasteiger partial charge in [-0.05, 0) is 17.7 Å². The lowest BCUT2D eigenvalue weighted by Crippen LogP contribution is -2.15. The Morgan fingerprint density at radius 3 is 1.17 bits per heavy atom. The summed E-state index contributed by atoms with van der Waals surface area (Å²) >= 11 is 0. The third kappa shape index (κ3) is 15.6. The molecule has 46 heavy (non-hydrogen) atoms. The Hall–Kier alpha value is -3.58. The van der Waals surface area contributed by atoms with Crippen LogP contribution in [0.4, 0.5) is 0 Å². The molecule has 252 valence electrons. The van der Waals surface area contributed by atoms with Crippen molar-refractivity contribution in [3.05, 3.63) is 78.4 Å². The van der Waals surface area contributed by atoms with Crippen LogP contribution in [0.25, 0.3) is 0 Å². The van der Waals surface area contributed by atoms with Gasteiger partial charge in [0.05, 0.1) is 79.3 Å². The maximum Gasteiger partial charge on any atom is 0.127 e. The van der Waals surface area contributed by atoms with Crippen LogP contribution in [0.2, 0.25) is 0 Å². The van der Waals surface area contributed by atoms with Gasteiger partial charge in [0.25, 0.3) is 0 Å². The summed E-state index contributed by atoms with van der Waals surface area (Å²) in [6, 6.07) is 23.0. The van der Waals surface area contributed by atoms with Gasteiger partial charge in [-0.25, -0.2) is 0 Å². The zero-order valence-electron chi connectivity index (χ0n) is 26.4. The largest absolute Gasteiger partial charge is 0.491 e. The van der Waals surface area contributed by atoms with Crippen LogP contribution >= 0.6 is 0 Å². The maximum atomic E-state index is 6.03. The molecule has 1 heterocycles. The van der Waals surface area contributed by atoms with E-state index < -0.39 is 0 Å². The van der Waals surface area contributed by atoms with E-state index in [4.69, 9.17) is 52.1 Å². The molecule has 11 heteroatoms. The summed E-state index contributed by atoms with van der Waals surface area (Å²) in [6.07, 6.45) is 0. The van der Waals surface area contributed by atoms with E-state index in [9.17, 15) is 0 Å². The van der Waals surface area contributed by atoms with Crippen LogP contribution in [-0.4, -0.2) is 106 Å². The SMILES string of the molecule is c1ccc(COc2cc3cc(c2)OCCOCCOCCOCCOc2cccc(c2)OCCOCCOCCOCCO3)cc1. The summed E-state index contributed by atoms with van der Waals surface area (Å²) in [6.45, 7) is 7.49. The number of fused-ring (bicyclic) bond motifs is 4. The van der Waals surface area contributed by atoms with Crippen molar-refractivity contribution in [2.45, 2.75) is 6.61 Å². The van der Waals surface area contributed by atoms with Crippen LogP contribution in [0.3, 0.4) is 0 Å². The normalized spacial score (nSPS) is 17.7. The summed E-state index contributed by atoms with van der Waals surface area (Å²) in [7, 11) is 0. The van der Waals surface area contributed by atoms with Gasteiger partial charge >= 0.3 is 0 Å². The highest BCUT2D eigenvalue weighted by Crippen LogP contribution is 2.28. The van der Waals surface area contributed by atoms with Crippen LogP contribution < -0.4 is 23.7 Å². The van der Waals surface area contributed by atoms with Crippen LogP contribution in [-0.2, 0) is 35.0 Å². The van der Waals surface area contributed by atoms with E-state index in [0.717, 1.165) is 17.1 Å². The smallest absolute Gasteiger partial charge is 0.127 e. The summed E-state index contributed by atoms with van der Waals surface area (Å²) in [5.74, 6) is 3.34. The third-order valence-electron chi connectivity index (χ3n) is 6.38. The van der Waals surface area contributed by atoms with Crippen molar-refractivity contribution in [2.75, 3.05) is 106 Å². The minimum atomic E-state index is 0.369. The Labute approximate surface area is 271 Å². The first-order chi connectivity index (χ1) is 22.8. The van der Waals surface area contributed by atoms with E-state index in [-0.39, 0.29) is 0 Å². The van der Waals surface area contributed by atoms with E-state index in [1.165, 1.54) is 0 Å². The first-order valence-electron chi connectivity index (χ1n) is 15.7. The predicted octanol–water partition coefficient (Wildman–Crippen LogP) is 4.59. The Morgan fingerprint density at radius 1 is 0.370 bits per heavy atom. The lowest BCUT2D eigenvalue weighted by atomic mass is 10.2. The topological polar surface area (TPSA) is 102 Å². The Bertz CT molecular complexity index is 1130. The molecular formula is C35H46O11. The van der Waals surface area contributed by atoms with E-state index in [2.05, 4.69) is 0 Å². The molecule has 1 aliphatic heterocycles. The second-order valence-corrected chi connectivity index (χ2v) is 9.96. The fraction of sp³-hybridized carbons (Fsp3) is 0.486. The molecule has 3 aromatic rings.